The third-order valence-corrected chi connectivity index (χ3v) is 2.07. The number of rotatable bonds is 1. The van der Waals surface area contributed by atoms with Crippen LogP contribution in [-0.4, -0.2) is 16.0 Å². The molecule has 0 heterocycles. The van der Waals surface area contributed by atoms with Gasteiger partial charge in [0.1, 0.15) is 4.87 Å². The zero-order chi connectivity index (χ0) is 6.20. The van der Waals surface area contributed by atoms with Gasteiger partial charge in [-0.05, 0) is 19.3 Å². The number of aliphatic carboxylic acids is 1. The topological polar surface area (TPSA) is 37.3 Å². The van der Waals surface area contributed by atoms with E-state index in [2.05, 4.69) is 0 Å². The first-order chi connectivity index (χ1) is 3.65. The molecule has 0 bridgehead atoms. The number of alkyl halides is 1. The lowest BCUT2D eigenvalue weighted by molar-refractivity contribution is -0.142. The van der Waals surface area contributed by atoms with Gasteiger partial charge in [0, 0.05) is 0 Å². The molecule has 1 rings (SSSR count). The summed E-state index contributed by atoms with van der Waals surface area (Å²) in [6, 6.07) is 0. The molecule has 0 aromatic heterocycles. The van der Waals surface area contributed by atoms with E-state index in [9.17, 15) is 4.79 Å². The summed E-state index contributed by atoms with van der Waals surface area (Å²) in [5.74, 6) is -0.870. The summed E-state index contributed by atoms with van der Waals surface area (Å²) in [5, 5.41) is 8.36. The van der Waals surface area contributed by atoms with Crippen LogP contribution in [0, 0.1) is 0 Å². The number of hydrogen-bond donors (Lipinski definition) is 1. The van der Waals surface area contributed by atoms with E-state index in [1.807, 2.05) is 0 Å². The minimum Gasteiger partial charge on any atom is -0.480 e. The van der Waals surface area contributed by atoms with E-state index < -0.39 is 10.8 Å². The summed E-state index contributed by atoms with van der Waals surface area (Å²) in [6.07, 6.45) is 2.21. The van der Waals surface area contributed by atoms with Gasteiger partial charge in [-0.2, -0.15) is 0 Å². The van der Waals surface area contributed by atoms with Gasteiger partial charge in [-0.3, -0.25) is 4.79 Å². The molecule has 1 aliphatic carbocycles. The van der Waals surface area contributed by atoms with Crippen molar-refractivity contribution < 1.29 is 9.90 Å². The molecule has 0 spiro atoms. The summed E-state index contributed by atoms with van der Waals surface area (Å²) in [7, 11) is 0. The quantitative estimate of drug-likeness (QED) is 0.678. The molecule has 1 aliphatic rings. The maximum absolute atomic E-state index is 10.2. The van der Waals surface area contributed by atoms with Gasteiger partial charge in [-0.1, -0.05) is 0 Å². The Labute approximate surface area is 69.0 Å². The monoisotopic (exact) mass is 214 g/mol. The number of carbonyl (C=O) groups is 1. The van der Waals surface area contributed by atoms with E-state index in [0.717, 1.165) is 6.42 Å². The molecule has 0 aromatic carbocycles. The summed E-state index contributed by atoms with van der Waals surface area (Å²) >= 11 is 5.54. The Morgan fingerprint density at radius 1 is 1.56 bits per heavy atom. The van der Waals surface area contributed by atoms with Crippen LogP contribution in [0.1, 0.15) is 19.3 Å². The molecule has 1 saturated carbocycles. The predicted octanol–water partition coefficient (Wildman–Crippen LogP) is 1.81. The molecule has 2 nitrogen and oxygen atoms in total. The second kappa shape index (κ2) is 2.88. The van der Waals surface area contributed by atoms with E-state index in [1.54, 1.807) is 0 Å². The van der Waals surface area contributed by atoms with E-state index in [4.69, 9.17) is 16.7 Å². The zero-order valence-corrected chi connectivity index (χ0v) is 7.23. The smallest absolute Gasteiger partial charge is 0.324 e. The van der Waals surface area contributed by atoms with E-state index in [1.165, 1.54) is 0 Å². The minimum absolute atomic E-state index is 0. The zero-order valence-electron chi connectivity index (χ0n) is 4.76. The first-order valence-corrected chi connectivity index (χ1v) is 2.95. The maximum atomic E-state index is 10.2. The van der Waals surface area contributed by atoms with Crippen LogP contribution in [0.15, 0.2) is 0 Å². The highest BCUT2D eigenvalue weighted by Crippen LogP contribution is 2.38. The van der Waals surface area contributed by atoms with Gasteiger partial charge in [-0.25, -0.2) is 0 Å². The van der Waals surface area contributed by atoms with Crippen molar-refractivity contribution in [2.45, 2.75) is 24.1 Å². The molecule has 0 aliphatic heterocycles. The Morgan fingerprint density at radius 2 is 2.00 bits per heavy atom. The SMILES string of the molecule is Br.O=C(O)C1(Cl)CCC1. The number of carboxylic acids is 1. The Balaban J connectivity index is 0.000000640. The molecule has 0 atom stereocenters. The lowest BCUT2D eigenvalue weighted by atomic mass is 9.85. The average Bonchev–Trinajstić information content (AvgIpc) is 1.60. The summed E-state index contributed by atoms with van der Waals surface area (Å²) < 4.78 is 0. The average molecular weight is 215 g/mol. The summed E-state index contributed by atoms with van der Waals surface area (Å²) in [5.41, 5.74) is 0. The third kappa shape index (κ3) is 1.58. The molecule has 0 unspecified atom stereocenters. The Kier molecular flexibility index (Phi) is 2.96. The van der Waals surface area contributed by atoms with Gasteiger partial charge in [0.25, 0.3) is 0 Å². The summed E-state index contributed by atoms with van der Waals surface area (Å²) in [6.45, 7) is 0. The molecule has 0 amide bonds. The normalized spacial score (nSPS) is 21.4. The highest BCUT2D eigenvalue weighted by molar-refractivity contribution is 8.93. The van der Waals surface area contributed by atoms with Gasteiger partial charge >= 0.3 is 5.97 Å². The van der Waals surface area contributed by atoms with Crippen molar-refractivity contribution in [1.29, 1.82) is 0 Å². The Morgan fingerprint density at radius 3 is 2.00 bits per heavy atom. The maximum Gasteiger partial charge on any atom is 0.324 e. The van der Waals surface area contributed by atoms with Crippen molar-refractivity contribution in [2.24, 2.45) is 0 Å². The van der Waals surface area contributed by atoms with Crippen molar-refractivity contribution in [3.05, 3.63) is 0 Å². The molecule has 9 heavy (non-hydrogen) atoms. The predicted molar refractivity (Wildman–Crippen MR) is 40.4 cm³/mol. The number of halogens is 2. The van der Waals surface area contributed by atoms with Crippen LogP contribution < -0.4 is 0 Å². The first-order valence-electron chi connectivity index (χ1n) is 2.57. The van der Waals surface area contributed by atoms with Gasteiger partial charge in [-0.15, -0.1) is 28.6 Å². The second-order valence-electron chi connectivity index (χ2n) is 2.12. The standard InChI is InChI=1S/C5H7ClO2.BrH/c6-5(4(7)8)2-1-3-5;/h1-3H2,(H,7,8);1H. The van der Waals surface area contributed by atoms with Gasteiger partial charge in [0.15, 0.2) is 0 Å². The lowest BCUT2D eigenvalue weighted by Gasteiger charge is -2.30. The van der Waals surface area contributed by atoms with Crippen molar-refractivity contribution >= 4 is 34.6 Å². The third-order valence-electron chi connectivity index (χ3n) is 1.53. The second-order valence-corrected chi connectivity index (χ2v) is 2.85. The number of hydrogen-bond acceptors (Lipinski definition) is 1. The molecule has 0 saturated heterocycles. The van der Waals surface area contributed by atoms with Crippen LogP contribution in [0.2, 0.25) is 0 Å². The lowest BCUT2D eigenvalue weighted by Crippen LogP contribution is -2.39. The van der Waals surface area contributed by atoms with E-state index in [-0.39, 0.29) is 17.0 Å². The fraction of sp³-hybridized carbons (Fsp3) is 0.800. The fourth-order valence-electron chi connectivity index (χ4n) is 0.701. The van der Waals surface area contributed by atoms with Crippen molar-refractivity contribution in [3.63, 3.8) is 0 Å². The first kappa shape index (κ1) is 9.24. The molecular formula is C5H8BrClO2. The van der Waals surface area contributed by atoms with Crippen molar-refractivity contribution in [3.8, 4) is 0 Å². The van der Waals surface area contributed by atoms with Crippen LogP contribution in [0.4, 0.5) is 0 Å². The molecular weight excluding hydrogens is 207 g/mol. The molecule has 0 aromatic rings. The van der Waals surface area contributed by atoms with Gasteiger partial charge in [0.2, 0.25) is 0 Å². The minimum atomic E-state index is -0.889. The molecule has 1 N–H and O–H groups in total. The molecule has 4 heteroatoms. The van der Waals surface area contributed by atoms with Crippen LogP contribution >= 0.6 is 28.6 Å². The van der Waals surface area contributed by atoms with Crippen LogP contribution in [-0.2, 0) is 4.79 Å². The Hall–Kier alpha value is 0.240. The fourth-order valence-corrected chi connectivity index (χ4v) is 0.968. The van der Waals surface area contributed by atoms with Gasteiger partial charge < -0.3 is 5.11 Å². The van der Waals surface area contributed by atoms with E-state index >= 15 is 0 Å². The Bertz CT molecular complexity index is 122. The highest BCUT2D eigenvalue weighted by Gasteiger charge is 2.42. The molecule has 0 radical (unpaired) electrons. The largest absolute Gasteiger partial charge is 0.480 e. The van der Waals surface area contributed by atoms with Crippen molar-refractivity contribution in [1.82, 2.24) is 0 Å². The van der Waals surface area contributed by atoms with Crippen LogP contribution in [0.25, 0.3) is 0 Å². The summed E-state index contributed by atoms with van der Waals surface area (Å²) in [4.78, 5) is 9.28. The van der Waals surface area contributed by atoms with Crippen molar-refractivity contribution in [2.75, 3.05) is 0 Å². The molecule has 1 fully saturated rings. The van der Waals surface area contributed by atoms with Crippen LogP contribution in [0.3, 0.4) is 0 Å². The van der Waals surface area contributed by atoms with E-state index in [0.29, 0.717) is 12.8 Å². The molecule has 54 valence electrons. The highest BCUT2D eigenvalue weighted by atomic mass is 79.9. The van der Waals surface area contributed by atoms with Crippen LogP contribution in [0.5, 0.6) is 0 Å². The number of carboxylic acid groups (broad SMARTS) is 1. The van der Waals surface area contributed by atoms with Gasteiger partial charge in [0.05, 0.1) is 0 Å².